The van der Waals surface area contributed by atoms with Crippen molar-refractivity contribution in [1.29, 1.82) is 0 Å². The maximum atomic E-state index is 12.5. The maximum absolute atomic E-state index is 12.5. The highest BCUT2D eigenvalue weighted by molar-refractivity contribution is 7.91. The predicted molar refractivity (Wildman–Crippen MR) is 74.8 cm³/mol. The number of piperazine rings is 1. The highest BCUT2D eigenvalue weighted by atomic mass is 32.2. The molecule has 0 aromatic carbocycles. The maximum Gasteiger partial charge on any atom is 0.248 e. The second kappa shape index (κ2) is 5.02. The summed E-state index contributed by atoms with van der Waals surface area (Å²) >= 11 is 0. The molecule has 1 saturated heterocycles. The Balaban J connectivity index is 2.19. The van der Waals surface area contributed by atoms with Crippen molar-refractivity contribution in [3.05, 3.63) is 0 Å². The second-order valence-electron chi connectivity index (χ2n) is 6.13. The molecule has 2 rings (SSSR count). The van der Waals surface area contributed by atoms with Crippen LogP contribution in [0.4, 0.5) is 0 Å². The average Bonchev–Trinajstić information content (AvgIpc) is 3.15. The Kier molecular flexibility index (Phi) is 3.83. The number of rotatable bonds is 5. The fraction of sp³-hybridized carbons (Fsp3) is 0.846. The average molecular weight is 302 g/mol. The number of carbonyl (C=O) groups is 2. The van der Waals surface area contributed by atoms with Gasteiger partial charge in [-0.15, -0.1) is 0 Å². The third-order valence-electron chi connectivity index (χ3n) is 3.99. The Labute approximate surface area is 119 Å². The monoisotopic (exact) mass is 302 g/mol. The second-order valence-corrected chi connectivity index (χ2v) is 8.60. The van der Waals surface area contributed by atoms with Crippen LogP contribution >= 0.6 is 0 Å². The lowest BCUT2D eigenvalue weighted by molar-refractivity contribution is -0.154. The van der Waals surface area contributed by atoms with E-state index >= 15 is 0 Å². The van der Waals surface area contributed by atoms with Gasteiger partial charge in [0.25, 0.3) is 0 Å². The lowest BCUT2D eigenvalue weighted by atomic mass is 9.95. The molecule has 0 bridgehead atoms. The van der Waals surface area contributed by atoms with Crippen molar-refractivity contribution in [2.75, 3.05) is 18.1 Å². The summed E-state index contributed by atoms with van der Waals surface area (Å²) in [5.41, 5.74) is -0.960. The van der Waals surface area contributed by atoms with E-state index in [1.54, 1.807) is 20.8 Å². The molecule has 1 aliphatic carbocycles. The molecule has 0 aromatic rings. The molecule has 1 aliphatic heterocycles. The summed E-state index contributed by atoms with van der Waals surface area (Å²) in [6.45, 7) is 4.99. The molecule has 2 amide bonds. The van der Waals surface area contributed by atoms with Crippen LogP contribution in [0.25, 0.3) is 0 Å². The number of nitrogens with one attached hydrogen (secondary N) is 1. The standard InChI is InChI=1S/C13H22N2O4S/c1-4-20(18,19)8-7-15-10(9-5-6-9)11(16)14-13(2,3)12(15)17/h9-10H,4-8H2,1-3H3,(H,14,16). The molecule has 1 N–H and O–H groups in total. The lowest BCUT2D eigenvalue weighted by Gasteiger charge is -2.43. The van der Waals surface area contributed by atoms with Gasteiger partial charge in [0.05, 0.1) is 5.75 Å². The molecule has 1 heterocycles. The first-order chi connectivity index (χ1) is 9.18. The Hall–Kier alpha value is -1.11. The minimum atomic E-state index is -3.15. The Morgan fingerprint density at radius 3 is 2.40 bits per heavy atom. The van der Waals surface area contributed by atoms with Crippen LogP contribution in [-0.4, -0.2) is 54.8 Å². The van der Waals surface area contributed by atoms with Gasteiger partial charge in [0.2, 0.25) is 11.8 Å². The molecule has 7 heteroatoms. The molecule has 2 aliphatic rings. The minimum absolute atomic E-state index is 0.0543. The molecule has 2 fully saturated rings. The Morgan fingerprint density at radius 2 is 1.90 bits per heavy atom. The van der Waals surface area contributed by atoms with Crippen LogP contribution in [0, 0.1) is 5.92 Å². The molecule has 1 unspecified atom stereocenters. The molecular weight excluding hydrogens is 280 g/mol. The lowest BCUT2D eigenvalue weighted by Crippen LogP contribution is -2.69. The summed E-state index contributed by atoms with van der Waals surface area (Å²) in [6.07, 6.45) is 1.84. The van der Waals surface area contributed by atoms with E-state index < -0.39 is 21.4 Å². The predicted octanol–water partition coefficient (Wildman–Crippen LogP) is -0.0633. The van der Waals surface area contributed by atoms with E-state index in [0.29, 0.717) is 0 Å². The van der Waals surface area contributed by atoms with Crippen molar-refractivity contribution in [2.24, 2.45) is 5.92 Å². The fourth-order valence-corrected chi connectivity index (χ4v) is 3.33. The molecule has 6 nitrogen and oxygen atoms in total. The summed E-state index contributed by atoms with van der Waals surface area (Å²) in [5.74, 6) is -0.203. The van der Waals surface area contributed by atoms with Gasteiger partial charge in [0, 0.05) is 12.3 Å². The first-order valence-corrected chi connectivity index (χ1v) is 8.83. The third-order valence-corrected chi connectivity index (χ3v) is 5.67. The van der Waals surface area contributed by atoms with Crippen molar-refractivity contribution in [2.45, 2.75) is 45.2 Å². The van der Waals surface area contributed by atoms with Gasteiger partial charge < -0.3 is 10.2 Å². The first kappa shape index (κ1) is 15.3. The van der Waals surface area contributed by atoms with E-state index in [2.05, 4.69) is 5.32 Å². The van der Waals surface area contributed by atoms with Crippen molar-refractivity contribution in [1.82, 2.24) is 10.2 Å². The van der Waals surface area contributed by atoms with Gasteiger partial charge in [-0.25, -0.2) is 8.42 Å². The summed E-state index contributed by atoms with van der Waals surface area (Å²) in [4.78, 5) is 26.1. The van der Waals surface area contributed by atoms with Gasteiger partial charge in [0.15, 0.2) is 9.84 Å². The van der Waals surface area contributed by atoms with Crippen molar-refractivity contribution >= 4 is 21.7 Å². The van der Waals surface area contributed by atoms with Crippen LogP contribution in [0.5, 0.6) is 0 Å². The van der Waals surface area contributed by atoms with Crippen molar-refractivity contribution in [3.8, 4) is 0 Å². The first-order valence-electron chi connectivity index (χ1n) is 7.01. The number of hydrogen-bond donors (Lipinski definition) is 1. The highest BCUT2D eigenvalue weighted by Gasteiger charge is 2.50. The third kappa shape index (κ3) is 2.97. The van der Waals surface area contributed by atoms with E-state index in [4.69, 9.17) is 0 Å². The van der Waals surface area contributed by atoms with Gasteiger partial charge in [-0.05, 0) is 32.6 Å². The zero-order valence-corrected chi connectivity index (χ0v) is 13.0. The van der Waals surface area contributed by atoms with Gasteiger partial charge in [-0.1, -0.05) is 6.92 Å². The van der Waals surface area contributed by atoms with Crippen LogP contribution in [0.3, 0.4) is 0 Å². The minimum Gasteiger partial charge on any atom is -0.340 e. The smallest absolute Gasteiger partial charge is 0.248 e. The van der Waals surface area contributed by atoms with E-state index in [9.17, 15) is 18.0 Å². The van der Waals surface area contributed by atoms with E-state index in [0.717, 1.165) is 12.8 Å². The largest absolute Gasteiger partial charge is 0.340 e. The van der Waals surface area contributed by atoms with E-state index in [1.807, 2.05) is 0 Å². The topological polar surface area (TPSA) is 83.6 Å². The molecular formula is C13H22N2O4S. The molecule has 0 aromatic heterocycles. The zero-order chi connectivity index (χ0) is 15.1. The summed E-state index contributed by atoms with van der Waals surface area (Å²) in [6, 6.07) is -0.498. The van der Waals surface area contributed by atoms with Crippen LogP contribution in [0.15, 0.2) is 0 Å². The van der Waals surface area contributed by atoms with Crippen molar-refractivity contribution in [3.63, 3.8) is 0 Å². The normalized spacial score (nSPS) is 26.6. The fourth-order valence-electron chi connectivity index (χ4n) is 2.57. The number of nitrogens with zero attached hydrogens (tertiary/aromatic N) is 1. The van der Waals surface area contributed by atoms with Gasteiger partial charge in [-0.2, -0.15) is 0 Å². The SMILES string of the molecule is CCS(=O)(=O)CCN1C(=O)C(C)(C)NC(=O)C1C1CC1. The van der Waals surface area contributed by atoms with E-state index in [-0.39, 0.29) is 35.8 Å². The highest BCUT2D eigenvalue weighted by Crippen LogP contribution is 2.38. The number of carbonyl (C=O) groups excluding carboxylic acids is 2. The number of sulfone groups is 1. The zero-order valence-electron chi connectivity index (χ0n) is 12.2. The molecule has 1 atom stereocenters. The quantitative estimate of drug-likeness (QED) is 0.771. The van der Waals surface area contributed by atoms with Crippen LogP contribution < -0.4 is 5.32 Å². The van der Waals surface area contributed by atoms with Crippen LogP contribution in [0.2, 0.25) is 0 Å². The van der Waals surface area contributed by atoms with Gasteiger partial charge in [-0.3, -0.25) is 9.59 Å². The molecule has 1 saturated carbocycles. The molecule has 0 radical (unpaired) electrons. The number of amides is 2. The Bertz CT molecular complexity index is 522. The summed E-state index contributed by atoms with van der Waals surface area (Å²) < 4.78 is 23.3. The van der Waals surface area contributed by atoms with Gasteiger partial charge >= 0.3 is 0 Å². The number of hydrogen-bond acceptors (Lipinski definition) is 4. The molecule has 20 heavy (non-hydrogen) atoms. The van der Waals surface area contributed by atoms with Crippen LogP contribution in [0.1, 0.15) is 33.6 Å². The van der Waals surface area contributed by atoms with Crippen molar-refractivity contribution < 1.29 is 18.0 Å². The van der Waals surface area contributed by atoms with E-state index in [1.165, 1.54) is 4.90 Å². The van der Waals surface area contributed by atoms with Crippen LogP contribution in [-0.2, 0) is 19.4 Å². The summed E-state index contributed by atoms with van der Waals surface area (Å²) in [5, 5.41) is 2.74. The molecule has 114 valence electrons. The molecule has 0 spiro atoms. The Morgan fingerprint density at radius 1 is 1.30 bits per heavy atom. The summed E-state index contributed by atoms with van der Waals surface area (Å²) in [7, 11) is -3.15. The van der Waals surface area contributed by atoms with Gasteiger partial charge in [0.1, 0.15) is 11.6 Å².